The summed E-state index contributed by atoms with van der Waals surface area (Å²) < 4.78 is 6.96. The maximum atomic E-state index is 6.47. The second kappa shape index (κ2) is 8.28. The van der Waals surface area contributed by atoms with E-state index in [1.807, 2.05) is 0 Å². The van der Waals surface area contributed by atoms with Gasteiger partial charge in [-0.05, 0) is 37.4 Å². The zero-order chi connectivity index (χ0) is 15.2. The average Bonchev–Trinajstić information content (AvgIpc) is 3.01. The predicted octanol–water partition coefficient (Wildman–Crippen LogP) is 3.73. The molecule has 2 N–H and O–H groups in total. The lowest BCUT2D eigenvalue weighted by Crippen LogP contribution is -2.44. The van der Waals surface area contributed by atoms with Gasteiger partial charge < -0.3 is 10.5 Å². The Labute approximate surface area is 137 Å². The molecular weight excluding hydrogens is 328 g/mol. The molecular formula is C17H27BrN2O. The van der Waals surface area contributed by atoms with Crippen LogP contribution in [0.1, 0.15) is 44.7 Å². The van der Waals surface area contributed by atoms with Crippen LogP contribution in [0, 0.1) is 0 Å². The summed E-state index contributed by atoms with van der Waals surface area (Å²) in [5.74, 6) is 0. The molecule has 3 unspecified atom stereocenters. The van der Waals surface area contributed by atoms with Crippen LogP contribution in [0.2, 0.25) is 0 Å². The van der Waals surface area contributed by atoms with Crippen molar-refractivity contribution < 1.29 is 4.74 Å². The van der Waals surface area contributed by atoms with Crippen molar-refractivity contribution in [2.24, 2.45) is 5.73 Å². The van der Waals surface area contributed by atoms with Crippen molar-refractivity contribution in [3.8, 4) is 0 Å². The van der Waals surface area contributed by atoms with E-state index in [9.17, 15) is 0 Å². The number of ether oxygens (including phenoxy) is 1. The van der Waals surface area contributed by atoms with Crippen LogP contribution in [0.25, 0.3) is 0 Å². The molecule has 0 aliphatic carbocycles. The van der Waals surface area contributed by atoms with Gasteiger partial charge in [-0.25, -0.2) is 0 Å². The van der Waals surface area contributed by atoms with E-state index in [1.54, 1.807) is 0 Å². The van der Waals surface area contributed by atoms with Gasteiger partial charge in [-0.2, -0.15) is 0 Å². The van der Waals surface area contributed by atoms with E-state index in [4.69, 9.17) is 10.5 Å². The van der Waals surface area contributed by atoms with Crippen molar-refractivity contribution in [3.63, 3.8) is 0 Å². The minimum absolute atomic E-state index is 0.130. The number of halogens is 1. The molecule has 0 radical (unpaired) electrons. The number of nitrogens with two attached hydrogens (primary N) is 1. The Morgan fingerprint density at radius 2 is 2.14 bits per heavy atom. The molecule has 1 fully saturated rings. The Kier molecular flexibility index (Phi) is 6.68. The molecule has 0 spiro atoms. The van der Waals surface area contributed by atoms with Crippen LogP contribution in [-0.4, -0.2) is 36.7 Å². The molecule has 21 heavy (non-hydrogen) atoms. The molecule has 1 saturated heterocycles. The maximum Gasteiger partial charge on any atom is 0.0703 e. The maximum absolute atomic E-state index is 6.47. The van der Waals surface area contributed by atoms with Gasteiger partial charge in [0.15, 0.2) is 0 Å². The zero-order valence-corrected chi connectivity index (χ0v) is 14.7. The quantitative estimate of drug-likeness (QED) is 0.810. The molecule has 1 aliphatic heterocycles. The highest BCUT2D eigenvalue weighted by Gasteiger charge is 2.29. The molecule has 0 aromatic heterocycles. The first-order valence-electron chi connectivity index (χ1n) is 8.03. The van der Waals surface area contributed by atoms with Crippen molar-refractivity contribution in [2.45, 2.75) is 51.3 Å². The lowest BCUT2D eigenvalue weighted by atomic mass is 9.95. The van der Waals surface area contributed by atoms with E-state index in [0.717, 1.165) is 30.6 Å². The summed E-state index contributed by atoms with van der Waals surface area (Å²) in [5, 5.41) is 0. The standard InChI is InChI=1S/C17H27BrN2O/c1-3-16(19)17(14-9-5-6-10-15(14)18)20(4-2)12-13-8-7-11-21-13/h5-6,9-10,13,16-17H,3-4,7-8,11-12,19H2,1-2H3. The highest BCUT2D eigenvalue weighted by Crippen LogP contribution is 2.31. The Balaban J connectivity index is 2.22. The monoisotopic (exact) mass is 354 g/mol. The van der Waals surface area contributed by atoms with E-state index in [2.05, 4.69) is 58.9 Å². The smallest absolute Gasteiger partial charge is 0.0703 e. The molecule has 3 nitrogen and oxygen atoms in total. The number of hydrogen-bond donors (Lipinski definition) is 1. The van der Waals surface area contributed by atoms with E-state index in [0.29, 0.717) is 6.10 Å². The minimum Gasteiger partial charge on any atom is -0.377 e. The number of rotatable bonds is 7. The molecule has 0 amide bonds. The van der Waals surface area contributed by atoms with Crippen LogP contribution in [0.4, 0.5) is 0 Å². The molecule has 118 valence electrons. The molecule has 2 rings (SSSR count). The van der Waals surface area contributed by atoms with Crippen molar-refractivity contribution in [2.75, 3.05) is 19.7 Å². The highest BCUT2D eigenvalue weighted by atomic mass is 79.9. The molecule has 3 atom stereocenters. The Morgan fingerprint density at radius 1 is 1.38 bits per heavy atom. The molecule has 1 heterocycles. The minimum atomic E-state index is 0.130. The number of likely N-dealkylation sites (N-methyl/N-ethyl adjacent to an activating group) is 1. The van der Waals surface area contributed by atoms with Gasteiger partial charge in [0, 0.05) is 23.7 Å². The van der Waals surface area contributed by atoms with Crippen molar-refractivity contribution in [3.05, 3.63) is 34.3 Å². The third-order valence-electron chi connectivity index (χ3n) is 4.36. The van der Waals surface area contributed by atoms with Crippen LogP contribution in [0.15, 0.2) is 28.7 Å². The summed E-state index contributed by atoms with van der Waals surface area (Å²) in [7, 11) is 0. The average molecular weight is 355 g/mol. The summed E-state index contributed by atoms with van der Waals surface area (Å²) in [6.45, 7) is 7.23. The predicted molar refractivity (Wildman–Crippen MR) is 91.4 cm³/mol. The summed E-state index contributed by atoms with van der Waals surface area (Å²) in [6.07, 6.45) is 3.68. The van der Waals surface area contributed by atoms with Gasteiger partial charge in [-0.3, -0.25) is 4.90 Å². The van der Waals surface area contributed by atoms with Crippen LogP contribution in [0.5, 0.6) is 0 Å². The first kappa shape index (κ1) is 16.9. The molecule has 1 aromatic carbocycles. The molecule has 4 heteroatoms. The number of hydrogen-bond acceptors (Lipinski definition) is 3. The summed E-state index contributed by atoms with van der Waals surface area (Å²) in [6, 6.07) is 8.80. The fraction of sp³-hybridized carbons (Fsp3) is 0.647. The molecule has 1 aliphatic rings. The summed E-state index contributed by atoms with van der Waals surface area (Å²) in [5.41, 5.74) is 7.75. The van der Waals surface area contributed by atoms with Crippen LogP contribution >= 0.6 is 15.9 Å². The van der Waals surface area contributed by atoms with Crippen LogP contribution in [0.3, 0.4) is 0 Å². The second-order valence-electron chi connectivity index (χ2n) is 5.76. The first-order valence-corrected chi connectivity index (χ1v) is 8.82. The summed E-state index contributed by atoms with van der Waals surface area (Å²) in [4.78, 5) is 2.48. The Bertz CT molecular complexity index is 435. The zero-order valence-electron chi connectivity index (χ0n) is 13.1. The summed E-state index contributed by atoms with van der Waals surface area (Å²) >= 11 is 3.69. The van der Waals surface area contributed by atoms with Gasteiger partial charge >= 0.3 is 0 Å². The Morgan fingerprint density at radius 3 is 2.71 bits per heavy atom. The van der Waals surface area contributed by atoms with E-state index in [-0.39, 0.29) is 12.1 Å². The third-order valence-corrected chi connectivity index (χ3v) is 5.08. The highest BCUT2D eigenvalue weighted by molar-refractivity contribution is 9.10. The molecule has 0 bridgehead atoms. The van der Waals surface area contributed by atoms with Gasteiger partial charge in [0.2, 0.25) is 0 Å². The topological polar surface area (TPSA) is 38.5 Å². The van der Waals surface area contributed by atoms with Gasteiger partial charge in [-0.1, -0.05) is 48.0 Å². The largest absolute Gasteiger partial charge is 0.377 e. The van der Waals surface area contributed by atoms with Gasteiger partial charge in [0.05, 0.1) is 12.1 Å². The fourth-order valence-electron chi connectivity index (χ4n) is 3.13. The van der Waals surface area contributed by atoms with Crippen LogP contribution < -0.4 is 5.73 Å². The number of nitrogens with zero attached hydrogens (tertiary/aromatic N) is 1. The Hall–Kier alpha value is -0.420. The lowest BCUT2D eigenvalue weighted by Gasteiger charge is -2.36. The SMILES string of the molecule is CCC(N)C(c1ccccc1Br)N(CC)CC1CCCO1. The van der Waals surface area contributed by atoms with Gasteiger partial charge in [-0.15, -0.1) is 0 Å². The molecule has 1 aromatic rings. The van der Waals surface area contributed by atoms with E-state index in [1.165, 1.54) is 18.4 Å². The van der Waals surface area contributed by atoms with Crippen LogP contribution in [-0.2, 0) is 4.74 Å². The van der Waals surface area contributed by atoms with Crippen molar-refractivity contribution >= 4 is 15.9 Å². The molecule has 0 saturated carbocycles. The van der Waals surface area contributed by atoms with Crippen molar-refractivity contribution in [1.29, 1.82) is 0 Å². The second-order valence-corrected chi connectivity index (χ2v) is 6.62. The van der Waals surface area contributed by atoms with Crippen molar-refractivity contribution in [1.82, 2.24) is 4.90 Å². The van der Waals surface area contributed by atoms with E-state index >= 15 is 0 Å². The fourth-order valence-corrected chi connectivity index (χ4v) is 3.64. The van der Waals surface area contributed by atoms with E-state index < -0.39 is 0 Å². The lowest BCUT2D eigenvalue weighted by molar-refractivity contribution is 0.0529. The van der Waals surface area contributed by atoms with Gasteiger partial charge in [0.25, 0.3) is 0 Å². The normalized spacial score (nSPS) is 21.7. The first-order chi connectivity index (χ1) is 10.2. The number of benzene rings is 1. The van der Waals surface area contributed by atoms with Gasteiger partial charge in [0.1, 0.15) is 0 Å². The third kappa shape index (κ3) is 4.28.